The summed E-state index contributed by atoms with van der Waals surface area (Å²) in [5, 5.41) is 9.37. The van der Waals surface area contributed by atoms with E-state index in [4.69, 9.17) is 5.73 Å². The van der Waals surface area contributed by atoms with Crippen LogP contribution in [0.15, 0.2) is 24.3 Å². The smallest absolute Gasteiger partial charge is 0.144 e. The van der Waals surface area contributed by atoms with E-state index in [-0.39, 0.29) is 23.0 Å². The first-order valence-corrected chi connectivity index (χ1v) is 6.09. The Hall–Kier alpha value is -1.35. The number of Topliss-reactive ketones (excluding diaryl/α,β-unsaturated/α-hetero) is 1. The van der Waals surface area contributed by atoms with Crippen LogP contribution >= 0.6 is 0 Å². The van der Waals surface area contributed by atoms with Crippen molar-refractivity contribution in [2.24, 2.45) is 11.1 Å². The molecular weight excluding hydrogens is 214 g/mol. The maximum Gasteiger partial charge on any atom is 0.144 e. The first-order valence-electron chi connectivity index (χ1n) is 6.09. The summed E-state index contributed by atoms with van der Waals surface area (Å²) in [6.07, 6.45) is 3.20. The minimum absolute atomic E-state index is 0.0210. The second-order valence-electron chi connectivity index (χ2n) is 5.19. The fraction of sp³-hybridized carbons (Fsp3) is 0.500. The number of rotatable bonds is 3. The minimum Gasteiger partial charge on any atom is -0.508 e. The molecule has 3 heteroatoms. The number of benzene rings is 1. The molecule has 92 valence electrons. The SMILES string of the molecule is CC1(C(=O)Cc2cccc(O)c2)CCCC1N. The Morgan fingerprint density at radius 2 is 2.35 bits per heavy atom. The molecule has 3 nitrogen and oxygen atoms in total. The van der Waals surface area contributed by atoms with Crippen LogP contribution in [0.3, 0.4) is 0 Å². The molecule has 1 aromatic rings. The van der Waals surface area contributed by atoms with Gasteiger partial charge in [-0.05, 0) is 30.5 Å². The molecule has 1 fully saturated rings. The van der Waals surface area contributed by atoms with Crippen LogP contribution in [0.4, 0.5) is 0 Å². The Balaban J connectivity index is 2.12. The average Bonchev–Trinajstić information content (AvgIpc) is 2.60. The molecule has 2 atom stereocenters. The fourth-order valence-electron chi connectivity index (χ4n) is 2.59. The van der Waals surface area contributed by atoms with Crippen molar-refractivity contribution < 1.29 is 9.90 Å². The number of hydrogen-bond acceptors (Lipinski definition) is 3. The molecular formula is C14H19NO2. The van der Waals surface area contributed by atoms with Gasteiger partial charge in [-0.1, -0.05) is 25.5 Å². The molecule has 0 aromatic heterocycles. The summed E-state index contributed by atoms with van der Waals surface area (Å²) in [5.41, 5.74) is 6.50. The lowest BCUT2D eigenvalue weighted by Gasteiger charge is -2.27. The van der Waals surface area contributed by atoms with E-state index in [1.165, 1.54) is 0 Å². The number of aromatic hydroxyl groups is 1. The Kier molecular flexibility index (Phi) is 3.20. The van der Waals surface area contributed by atoms with Gasteiger partial charge in [0, 0.05) is 17.9 Å². The van der Waals surface area contributed by atoms with Crippen molar-refractivity contribution in [1.29, 1.82) is 0 Å². The second-order valence-corrected chi connectivity index (χ2v) is 5.19. The maximum absolute atomic E-state index is 12.3. The molecule has 3 N–H and O–H groups in total. The largest absolute Gasteiger partial charge is 0.508 e. The molecule has 1 aliphatic rings. The monoisotopic (exact) mass is 233 g/mol. The van der Waals surface area contributed by atoms with E-state index >= 15 is 0 Å². The molecule has 0 spiro atoms. The molecule has 0 saturated heterocycles. The first-order chi connectivity index (χ1) is 8.02. The van der Waals surface area contributed by atoms with E-state index in [9.17, 15) is 9.90 Å². The maximum atomic E-state index is 12.3. The van der Waals surface area contributed by atoms with Crippen LogP contribution in [0.2, 0.25) is 0 Å². The molecule has 17 heavy (non-hydrogen) atoms. The van der Waals surface area contributed by atoms with E-state index in [2.05, 4.69) is 0 Å². The average molecular weight is 233 g/mol. The van der Waals surface area contributed by atoms with Gasteiger partial charge in [-0.15, -0.1) is 0 Å². The molecule has 1 aliphatic carbocycles. The van der Waals surface area contributed by atoms with Gasteiger partial charge in [0.1, 0.15) is 11.5 Å². The Morgan fingerprint density at radius 1 is 1.59 bits per heavy atom. The van der Waals surface area contributed by atoms with E-state index in [1.54, 1.807) is 18.2 Å². The lowest BCUT2D eigenvalue weighted by atomic mass is 9.78. The predicted molar refractivity (Wildman–Crippen MR) is 66.8 cm³/mol. The first kappa shape index (κ1) is 12.1. The van der Waals surface area contributed by atoms with Crippen LogP contribution in [-0.2, 0) is 11.2 Å². The lowest BCUT2D eigenvalue weighted by molar-refractivity contribution is -0.127. The highest BCUT2D eigenvalue weighted by molar-refractivity contribution is 5.87. The van der Waals surface area contributed by atoms with Gasteiger partial charge in [0.05, 0.1) is 0 Å². The van der Waals surface area contributed by atoms with Gasteiger partial charge in [-0.25, -0.2) is 0 Å². The minimum atomic E-state index is -0.383. The Labute approximate surface area is 102 Å². The van der Waals surface area contributed by atoms with E-state index in [0.717, 1.165) is 24.8 Å². The van der Waals surface area contributed by atoms with Crippen LogP contribution in [0.5, 0.6) is 5.75 Å². The summed E-state index contributed by atoms with van der Waals surface area (Å²) in [5.74, 6) is 0.393. The summed E-state index contributed by atoms with van der Waals surface area (Å²) in [6.45, 7) is 1.97. The van der Waals surface area contributed by atoms with Crippen molar-refractivity contribution >= 4 is 5.78 Å². The fourth-order valence-corrected chi connectivity index (χ4v) is 2.59. The zero-order valence-electron chi connectivity index (χ0n) is 10.1. The lowest BCUT2D eigenvalue weighted by Crippen LogP contribution is -2.41. The number of nitrogens with two attached hydrogens (primary N) is 1. The molecule has 0 heterocycles. The highest BCUT2D eigenvalue weighted by Gasteiger charge is 2.42. The topological polar surface area (TPSA) is 63.3 Å². The van der Waals surface area contributed by atoms with Crippen molar-refractivity contribution in [3.8, 4) is 5.75 Å². The number of phenolic OH excluding ortho intramolecular Hbond substituents is 1. The molecule has 1 aromatic carbocycles. The van der Waals surface area contributed by atoms with Crippen LogP contribution in [0.1, 0.15) is 31.7 Å². The van der Waals surface area contributed by atoms with Gasteiger partial charge in [-0.2, -0.15) is 0 Å². The van der Waals surface area contributed by atoms with Crippen molar-refractivity contribution in [2.75, 3.05) is 0 Å². The van der Waals surface area contributed by atoms with Gasteiger partial charge in [-0.3, -0.25) is 4.79 Å². The van der Waals surface area contributed by atoms with Crippen molar-refractivity contribution in [3.05, 3.63) is 29.8 Å². The molecule has 2 unspecified atom stereocenters. The predicted octanol–water partition coefficient (Wildman–Crippen LogP) is 2.02. The molecule has 2 rings (SSSR count). The van der Waals surface area contributed by atoms with Crippen LogP contribution in [-0.4, -0.2) is 16.9 Å². The highest BCUT2D eigenvalue weighted by atomic mass is 16.3. The number of carbonyl (C=O) groups is 1. The van der Waals surface area contributed by atoms with Gasteiger partial charge in [0.2, 0.25) is 0 Å². The quantitative estimate of drug-likeness (QED) is 0.839. The second kappa shape index (κ2) is 4.49. The van der Waals surface area contributed by atoms with Crippen LogP contribution in [0, 0.1) is 5.41 Å². The molecule has 0 aliphatic heterocycles. The summed E-state index contributed by atoms with van der Waals surface area (Å²) in [4.78, 5) is 12.3. The third-order valence-corrected chi connectivity index (χ3v) is 3.94. The summed E-state index contributed by atoms with van der Waals surface area (Å²) in [6, 6.07) is 6.85. The van der Waals surface area contributed by atoms with Crippen LogP contribution in [0.25, 0.3) is 0 Å². The summed E-state index contributed by atoms with van der Waals surface area (Å²) >= 11 is 0. The molecule has 1 saturated carbocycles. The van der Waals surface area contributed by atoms with E-state index in [0.29, 0.717) is 6.42 Å². The zero-order valence-corrected chi connectivity index (χ0v) is 10.1. The van der Waals surface area contributed by atoms with Crippen LogP contribution < -0.4 is 5.73 Å². The van der Waals surface area contributed by atoms with E-state index < -0.39 is 0 Å². The third kappa shape index (κ3) is 2.34. The van der Waals surface area contributed by atoms with Gasteiger partial charge < -0.3 is 10.8 Å². The molecule has 0 bridgehead atoms. The Bertz CT molecular complexity index is 430. The third-order valence-electron chi connectivity index (χ3n) is 3.94. The van der Waals surface area contributed by atoms with E-state index in [1.807, 2.05) is 13.0 Å². The molecule has 0 radical (unpaired) electrons. The molecule has 0 amide bonds. The summed E-state index contributed by atoms with van der Waals surface area (Å²) < 4.78 is 0. The zero-order chi connectivity index (χ0) is 12.5. The number of phenols is 1. The number of ketones is 1. The van der Waals surface area contributed by atoms with Gasteiger partial charge >= 0.3 is 0 Å². The Morgan fingerprint density at radius 3 is 2.94 bits per heavy atom. The normalized spacial score (nSPS) is 28.2. The van der Waals surface area contributed by atoms with Gasteiger partial charge in [0.15, 0.2) is 0 Å². The van der Waals surface area contributed by atoms with Crippen molar-refractivity contribution in [3.63, 3.8) is 0 Å². The standard InChI is InChI=1S/C14H19NO2/c1-14(7-3-6-12(14)15)13(17)9-10-4-2-5-11(16)8-10/h2,4-5,8,12,16H,3,6-7,9,15H2,1H3. The number of hydrogen-bond donors (Lipinski definition) is 2. The van der Waals surface area contributed by atoms with Gasteiger partial charge in [0.25, 0.3) is 0 Å². The number of carbonyl (C=O) groups excluding carboxylic acids is 1. The van der Waals surface area contributed by atoms with Crippen molar-refractivity contribution in [1.82, 2.24) is 0 Å². The highest BCUT2D eigenvalue weighted by Crippen LogP contribution is 2.38. The van der Waals surface area contributed by atoms with Crippen molar-refractivity contribution in [2.45, 2.75) is 38.6 Å². The summed E-state index contributed by atoms with van der Waals surface area (Å²) in [7, 11) is 0.